The van der Waals surface area contributed by atoms with Gasteiger partial charge in [0.15, 0.2) is 23.2 Å². The van der Waals surface area contributed by atoms with Gasteiger partial charge >= 0.3 is 0 Å². The van der Waals surface area contributed by atoms with Gasteiger partial charge in [0.1, 0.15) is 0 Å². The molecule has 0 spiro atoms. The molecule has 2 aromatic carbocycles. The van der Waals surface area contributed by atoms with E-state index in [0.717, 1.165) is 12.1 Å². The minimum Gasteiger partial charge on any atom is -0.505 e. The minimum absolute atomic E-state index is 0.0380. The summed E-state index contributed by atoms with van der Waals surface area (Å²) in [6.07, 6.45) is -0.0380. The fourth-order valence-electron chi connectivity index (χ4n) is 2.95. The van der Waals surface area contributed by atoms with Crippen molar-refractivity contribution in [2.24, 2.45) is 0 Å². The lowest BCUT2D eigenvalue weighted by molar-refractivity contribution is -0.131. The van der Waals surface area contributed by atoms with E-state index < -0.39 is 29.1 Å². The predicted molar refractivity (Wildman–Crippen MR) is 90.6 cm³/mol. The molecule has 5 nitrogen and oxygen atoms in total. The van der Waals surface area contributed by atoms with Crippen LogP contribution in [0.1, 0.15) is 15.9 Å². The number of carbonyl (C=O) groups excluding carboxylic acids is 2. The number of halogens is 3. The Bertz CT molecular complexity index is 880. The average molecular weight is 378 g/mol. The third-order valence-corrected chi connectivity index (χ3v) is 4.47. The predicted octanol–water partition coefficient (Wildman–Crippen LogP) is 2.34. The molecule has 142 valence electrons. The van der Waals surface area contributed by atoms with Crippen molar-refractivity contribution in [2.45, 2.75) is 6.42 Å². The molecule has 8 heteroatoms. The molecule has 0 aliphatic carbocycles. The summed E-state index contributed by atoms with van der Waals surface area (Å²) in [5.41, 5.74) is 0.0879. The zero-order chi connectivity index (χ0) is 19.6. The highest BCUT2D eigenvalue weighted by Gasteiger charge is 2.27. The molecule has 2 amide bonds. The lowest BCUT2D eigenvalue weighted by Crippen LogP contribution is -2.51. The van der Waals surface area contributed by atoms with Gasteiger partial charge in [-0.2, -0.15) is 0 Å². The van der Waals surface area contributed by atoms with Crippen LogP contribution in [0, 0.1) is 17.5 Å². The van der Waals surface area contributed by atoms with Gasteiger partial charge in [0.05, 0.1) is 12.0 Å². The Morgan fingerprint density at radius 2 is 1.59 bits per heavy atom. The van der Waals surface area contributed by atoms with Crippen LogP contribution >= 0.6 is 0 Å². The standard InChI is InChI=1S/C19H17F3N2O3/c20-14-3-1-2-13(18(14)22)19(27)24-8-6-23(7-9-24)17(26)11-12-4-5-16(25)15(21)10-12/h1-5,10,25H,6-9,11H2. The summed E-state index contributed by atoms with van der Waals surface area (Å²) < 4.78 is 40.4. The number of rotatable bonds is 3. The van der Waals surface area contributed by atoms with E-state index in [-0.39, 0.29) is 44.1 Å². The van der Waals surface area contributed by atoms with Crippen molar-refractivity contribution in [3.8, 4) is 5.75 Å². The van der Waals surface area contributed by atoms with Gasteiger partial charge in [-0.3, -0.25) is 9.59 Å². The Balaban J connectivity index is 1.59. The Kier molecular flexibility index (Phi) is 5.34. The van der Waals surface area contributed by atoms with E-state index in [1.54, 1.807) is 0 Å². The molecule has 0 aromatic heterocycles. The van der Waals surface area contributed by atoms with Crippen LogP contribution in [0.2, 0.25) is 0 Å². The summed E-state index contributed by atoms with van der Waals surface area (Å²) in [5, 5.41) is 9.18. The molecular formula is C19H17F3N2O3. The quantitative estimate of drug-likeness (QED) is 0.892. The maximum Gasteiger partial charge on any atom is 0.257 e. The first-order chi connectivity index (χ1) is 12.9. The normalized spacial score (nSPS) is 14.3. The second-order valence-electron chi connectivity index (χ2n) is 6.24. The van der Waals surface area contributed by atoms with Crippen LogP contribution in [0.5, 0.6) is 5.75 Å². The van der Waals surface area contributed by atoms with E-state index in [1.165, 1.54) is 34.1 Å². The van der Waals surface area contributed by atoms with E-state index in [2.05, 4.69) is 0 Å². The van der Waals surface area contributed by atoms with Crippen LogP contribution in [0.3, 0.4) is 0 Å². The molecule has 0 bridgehead atoms. The van der Waals surface area contributed by atoms with Crippen LogP contribution in [-0.4, -0.2) is 52.9 Å². The summed E-state index contributed by atoms with van der Waals surface area (Å²) in [6, 6.07) is 7.17. The molecule has 1 aliphatic heterocycles. The highest BCUT2D eigenvalue weighted by atomic mass is 19.2. The number of phenolic OH excluding ortho intramolecular Hbond substituents is 1. The molecular weight excluding hydrogens is 361 g/mol. The highest BCUT2D eigenvalue weighted by Crippen LogP contribution is 2.18. The number of carbonyl (C=O) groups is 2. The molecule has 1 aliphatic rings. The number of phenols is 1. The topological polar surface area (TPSA) is 60.9 Å². The molecule has 2 aromatic rings. The van der Waals surface area contributed by atoms with E-state index in [9.17, 15) is 27.9 Å². The smallest absolute Gasteiger partial charge is 0.257 e. The SMILES string of the molecule is O=C(Cc1ccc(O)c(F)c1)N1CCN(C(=O)c2cccc(F)c2F)CC1. The fourth-order valence-corrected chi connectivity index (χ4v) is 2.95. The van der Waals surface area contributed by atoms with Crippen LogP contribution < -0.4 is 0 Å². The second-order valence-corrected chi connectivity index (χ2v) is 6.24. The monoisotopic (exact) mass is 378 g/mol. The molecule has 0 unspecified atom stereocenters. The summed E-state index contributed by atoms with van der Waals surface area (Å²) in [4.78, 5) is 27.6. The van der Waals surface area contributed by atoms with Gasteiger partial charge in [0, 0.05) is 26.2 Å². The number of hydrogen-bond acceptors (Lipinski definition) is 3. The Hall–Kier alpha value is -3.03. The zero-order valence-electron chi connectivity index (χ0n) is 14.3. The first-order valence-electron chi connectivity index (χ1n) is 8.35. The maximum absolute atomic E-state index is 13.8. The van der Waals surface area contributed by atoms with Crippen molar-refractivity contribution >= 4 is 11.8 Å². The highest BCUT2D eigenvalue weighted by molar-refractivity contribution is 5.94. The molecule has 27 heavy (non-hydrogen) atoms. The van der Waals surface area contributed by atoms with Crippen molar-refractivity contribution in [2.75, 3.05) is 26.2 Å². The lowest BCUT2D eigenvalue weighted by atomic mass is 10.1. The number of piperazine rings is 1. The lowest BCUT2D eigenvalue weighted by Gasteiger charge is -2.35. The Morgan fingerprint density at radius 3 is 2.26 bits per heavy atom. The van der Waals surface area contributed by atoms with Gasteiger partial charge in [0.25, 0.3) is 5.91 Å². The van der Waals surface area contributed by atoms with Crippen molar-refractivity contribution in [3.63, 3.8) is 0 Å². The number of amides is 2. The number of nitrogens with zero attached hydrogens (tertiary/aromatic N) is 2. The number of aromatic hydroxyl groups is 1. The van der Waals surface area contributed by atoms with Crippen molar-refractivity contribution in [3.05, 3.63) is 65.0 Å². The summed E-state index contributed by atoms with van der Waals surface area (Å²) in [7, 11) is 0. The van der Waals surface area contributed by atoms with Crippen LogP contribution in [0.15, 0.2) is 36.4 Å². The van der Waals surface area contributed by atoms with Gasteiger partial charge in [0.2, 0.25) is 5.91 Å². The first kappa shape index (κ1) is 18.8. The molecule has 1 heterocycles. The van der Waals surface area contributed by atoms with Gasteiger partial charge in [-0.15, -0.1) is 0 Å². The molecule has 0 atom stereocenters. The Morgan fingerprint density at radius 1 is 0.926 bits per heavy atom. The van der Waals surface area contributed by atoms with Crippen LogP contribution in [0.4, 0.5) is 13.2 Å². The van der Waals surface area contributed by atoms with E-state index in [0.29, 0.717) is 5.56 Å². The summed E-state index contributed by atoms with van der Waals surface area (Å²) >= 11 is 0. The summed E-state index contributed by atoms with van der Waals surface area (Å²) in [5.74, 6) is -4.43. The molecule has 1 N–H and O–H groups in total. The molecule has 1 fully saturated rings. The number of benzene rings is 2. The van der Waals surface area contributed by atoms with Crippen LogP contribution in [-0.2, 0) is 11.2 Å². The second kappa shape index (κ2) is 7.69. The van der Waals surface area contributed by atoms with Gasteiger partial charge in [-0.25, -0.2) is 13.2 Å². The summed E-state index contributed by atoms with van der Waals surface area (Å²) in [6.45, 7) is 0.846. The van der Waals surface area contributed by atoms with E-state index in [1.807, 2.05) is 0 Å². The molecule has 0 radical (unpaired) electrons. The fraction of sp³-hybridized carbons (Fsp3) is 0.263. The van der Waals surface area contributed by atoms with Crippen molar-refractivity contribution < 1.29 is 27.9 Å². The number of hydrogen-bond donors (Lipinski definition) is 1. The third-order valence-electron chi connectivity index (χ3n) is 4.47. The van der Waals surface area contributed by atoms with Crippen LogP contribution in [0.25, 0.3) is 0 Å². The van der Waals surface area contributed by atoms with E-state index >= 15 is 0 Å². The minimum atomic E-state index is -1.18. The average Bonchev–Trinajstić information content (AvgIpc) is 2.66. The largest absolute Gasteiger partial charge is 0.505 e. The van der Waals surface area contributed by atoms with Crippen molar-refractivity contribution in [1.82, 2.24) is 9.80 Å². The van der Waals surface area contributed by atoms with Gasteiger partial charge < -0.3 is 14.9 Å². The Labute approximate surface area is 153 Å². The first-order valence-corrected chi connectivity index (χ1v) is 8.35. The van der Waals surface area contributed by atoms with Gasteiger partial charge in [-0.1, -0.05) is 12.1 Å². The molecule has 3 rings (SSSR count). The molecule has 0 saturated carbocycles. The van der Waals surface area contributed by atoms with E-state index in [4.69, 9.17) is 0 Å². The van der Waals surface area contributed by atoms with Crippen molar-refractivity contribution in [1.29, 1.82) is 0 Å². The maximum atomic E-state index is 13.8. The molecule has 1 saturated heterocycles. The van der Waals surface area contributed by atoms with Gasteiger partial charge in [-0.05, 0) is 29.8 Å². The third kappa shape index (κ3) is 4.05. The zero-order valence-corrected chi connectivity index (χ0v) is 14.3.